The zero-order valence-electron chi connectivity index (χ0n) is 16.2. The molecule has 0 fully saturated rings. The summed E-state index contributed by atoms with van der Waals surface area (Å²) in [5, 5.41) is 29.0. The Kier molecular flexibility index (Phi) is 8.04. The number of benzene rings is 2. The molecule has 0 aliphatic rings. The van der Waals surface area contributed by atoms with Gasteiger partial charge in [0.1, 0.15) is 5.75 Å². The Labute approximate surface area is 161 Å². The van der Waals surface area contributed by atoms with Gasteiger partial charge in [-0.3, -0.25) is 0 Å². The first kappa shape index (κ1) is 21.2. The molecule has 0 spiro atoms. The van der Waals surface area contributed by atoms with E-state index in [9.17, 15) is 15.3 Å². The summed E-state index contributed by atoms with van der Waals surface area (Å²) in [5.74, 6) is 0.776. The molecule has 0 aliphatic heterocycles. The Morgan fingerprint density at radius 2 is 1.56 bits per heavy atom. The van der Waals surface area contributed by atoms with Gasteiger partial charge in [-0.15, -0.1) is 0 Å². The van der Waals surface area contributed by atoms with Crippen LogP contribution < -0.4 is 4.74 Å². The maximum Gasteiger partial charge on any atom is 0.119 e. The van der Waals surface area contributed by atoms with Crippen LogP contribution in [0.25, 0.3) is 12.2 Å². The van der Waals surface area contributed by atoms with Crippen molar-refractivity contribution in [3.63, 3.8) is 0 Å². The SMILES string of the molecule is CCC(O)(CC)CCOc1cccc(/C=C/c2ccc(CO)c(CO)c2)c1. The van der Waals surface area contributed by atoms with Gasteiger partial charge in [0.25, 0.3) is 0 Å². The first-order valence-electron chi connectivity index (χ1n) is 9.50. The van der Waals surface area contributed by atoms with Crippen LogP contribution in [0.2, 0.25) is 0 Å². The van der Waals surface area contributed by atoms with E-state index in [0.29, 0.717) is 13.0 Å². The average molecular weight is 370 g/mol. The van der Waals surface area contributed by atoms with Crippen molar-refractivity contribution < 1.29 is 20.1 Å². The van der Waals surface area contributed by atoms with Gasteiger partial charge in [0.15, 0.2) is 0 Å². The zero-order chi connectivity index (χ0) is 19.7. The first-order chi connectivity index (χ1) is 13.0. The molecule has 2 rings (SSSR count). The quantitative estimate of drug-likeness (QED) is 0.549. The van der Waals surface area contributed by atoms with Crippen LogP contribution in [0.15, 0.2) is 42.5 Å². The van der Waals surface area contributed by atoms with Gasteiger partial charge in [0, 0.05) is 6.42 Å². The largest absolute Gasteiger partial charge is 0.493 e. The molecule has 0 aromatic heterocycles. The van der Waals surface area contributed by atoms with Gasteiger partial charge in [0.2, 0.25) is 0 Å². The van der Waals surface area contributed by atoms with E-state index in [2.05, 4.69) is 0 Å². The van der Waals surface area contributed by atoms with Crippen LogP contribution in [0.1, 0.15) is 55.4 Å². The predicted molar refractivity (Wildman–Crippen MR) is 109 cm³/mol. The van der Waals surface area contributed by atoms with E-state index in [0.717, 1.165) is 40.8 Å². The van der Waals surface area contributed by atoms with Crippen LogP contribution in [0, 0.1) is 0 Å². The van der Waals surface area contributed by atoms with Crippen LogP contribution >= 0.6 is 0 Å². The van der Waals surface area contributed by atoms with Crippen LogP contribution in [0.3, 0.4) is 0 Å². The van der Waals surface area contributed by atoms with Crippen molar-refractivity contribution in [2.45, 2.75) is 51.9 Å². The van der Waals surface area contributed by atoms with Gasteiger partial charge >= 0.3 is 0 Å². The molecule has 0 heterocycles. The molecule has 0 radical (unpaired) electrons. The number of hydrogen-bond donors (Lipinski definition) is 3. The lowest BCUT2D eigenvalue weighted by Crippen LogP contribution is -2.28. The standard InChI is InChI=1S/C23H30O4/c1-3-23(26,4-2)12-13-27-22-7-5-6-18(15-22)8-9-19-10-11-20(16-24)21(14-19)17-25/h5-11,14-15,24-26H,3-4,12-13,16-17H2,1-2H3/b9-8+. The Hall–Kier alpha value is -2.14. The van der Waals surface area contributed by atoms with Gasteiger partial charge in [-0.1, -0.05) is 50.3 Å². The number of hydrogen-bond acceptors (Lipinski definition) is 4. The smallest absolute Gasteiger partial charge is 0.119 e. The van der Waals surface area contributed by atoms with Crippen LogP contribution in [-0.2, 0) is 13.2 Å². The summed E-state index contributed by atoms with van der Waals surface area (Å²) in [6.45, 7) is 4.29. The van der Waals surface area contributed by atoms with Crippen molar-refractivity contribution in [1.29, 1.82) is 0 Å². The van der Waals surface area contributed by atoms with E-state index in [4.69, 9.17) is 4.74 Å². The molecular weight excluding hydrogens is 340 g/mol. The molecule has 0 unspecified atom stereocenters. The molecule has 27 heavy (non-hydrogen) atoms. The second-order valence-electron chi connectivity index (χ2n) is 6.78. The third-order valence-corrected chi connectivity index (χ3v) is 5.05. The fraction of sp³-hybridized carbons (Fsp3) is 0.391. The summed E-state index contributed by atoms with van der Waals surface area (Å²) in [4.78, 5) is 0. The minimum Gasteiger partial charge on any atom is -0.493 e. The topological polar surface area (TPSA) is 69.9 Å². The van der Waals surface area contributed by atoms with Gasteiger partial charge in [-0.05, 0) is 53.3 Å². The first-order valence-corrected chi connectivity index (χ1v) is 9.50. The van der Waals surface area contributed by atoms with Gasteiger partial charge in [-0.2, -0.15) is 0 Å². The maximum atomic E-state index is 10.3. The number of ether oxygens (including phenoxy) is 1. The van der Waals surface area contributed by atoms with Crippen LogP contribution in [-0.4, -0.2) is 27.5 Å². The monoisotopic (exact) mass is 370 g/mol. The summed E-state index contributed by atoms with van der Waals surface area (Å²) in [6, 6.07) is 13.4. The third kappa shape index (κ3) is 6.21. The molecule has 146 valence electrons. The lowest BCUT2D eigenvalue weighted by atomic mass is 9.94. The highest BCUT2D eigenvalue weighted by Crippen LogP contribution is 2.21. The molecular formula is C23H30O4. The Balaban J connectivity index is 2.02. The molecule has 0 atom stereocenters. The summed E-state index contributed by atoms with van der Waals surface area (Å²) in [5.41, 5.74) is 2.78. The lowest BCUT2D eigenvalue weighted by Gasteiger charge is -2.24. The van der Waals surface area contributed by atoms with Crippen molar-refractivity contribution in [1.82, 2.24) is 0 Å². The lowest BCUT2D eigenvalue weighted by molar-refractivity contribution is 0.0117. The van der Waals surface area contributed by atoms with Gasteiger partial charge in [-0.25, -0.2) is 0 Å². The molecule has 2 aromatic rings. The second kappa shape index (κ2) is 10.3. The highest BCUT2D eigenvalue weighted by Gasteiger charge is 2.21. The fourth-order valence-corrected chi connectivity index (χ4v) is 2.91. The molecule has 0 aliphatic carbocycles. The predicted octanol–water partition coefficient (Wildman–Crippen LogP) is 4.16. The minimum atomic E-state index is -0.650. The molecule has 0 bridgehead atoms. The van der Waals surface area contributed by atoms with Crippen molar-refractivity contribution in [3.8, 4) is 5.75 Å². The second-order valence-corrected chi connectivity index (χ2v) is 6.78. The maximum absolute atomic E-state index is 10.3. The van der Waals surface area contributed by atoms with Crippen LogP contribution in [0.4, 0.5) is 0 Å². The highest BCUT2D eigenvalue weighted by atomic mass is 16.5. The van der Waals surface area contributed by atoms with Crippen molar-refractivity contribution in [2.75, 3.05) is 6.61 Å². The number of rotatable bonds is 10. The van der Waals surface area contributed by atoms with Crippen molar-refractivity contribution >= 4 is 12.2 Å². The minimum absolute atomic E-state index is 0.0789. The molecule has 4 nitrogen and oxygen atoms in total. The third-order valence-electron chi connectivity index (χ3n) is 5.05. The van der Waals surface area contributed by atoms with Crippen molar-refractivity contribution in [2.24, 2.45) is 0 Å². The summed E-state index contributed by atoms with van der Waals surface area (Å²) >= 11 is 0. The van der Waals surface area contributed by atoms with E-state index >= 15 is 0 Å². The number of aliphatic hydroxyl groups is 3. The normalized spacial score (nSPS) is 11.9. The van der Waals surface area contributed by atoms with Gasteiger partial charge < -0.3 is 20.1 Å². The summed E-state index contributed by atoms with van der Waals surface area (Å²) in [6.07, 6.45) is 6.00. The van der Waals surface area contributed by atoms with Crippen LogP contribution in [0.5, 0.6) is 5.75 Å². The number of aliphatic hydroxyl groups excluding tert-OH is 2. The van der Waals surface area contributed by atoms with E-state index < -0.39 is 5.60 Å². The Morgan fingerprint density at radius 1 is 0.889 bits per heavy atom. The summed E-state index contributed by atoms with van der Waals surface area (Å²) < 4.78 is 5.81. The molecule has 3 N–H and O–H groups in total. The zero-order valence-corrected chi connectivity index (χ0v) is 16.2. The van der Waals surface area contributed by atoms with E-state index in [1.165, 1.54) is 0 Å². The fourth-order valence-electron chi connectivity index (χ4n) is 2.91. The van der Waals surface area contributed by atoms with E-state index in [1.54, 1.807) is 0 Å². The van der Waals surface area contributed by atoms with E-state index in [1.807, 2.05) is 68.5 Å². The molecule has 4 heteroatoms. The summed E-state index contributed by atoms with van der Waals surface area (Å²) in [7, 11) is 0. The average Bonchev–Trinajstić information content (AvgIpc) is 2.72. The van der Waals surface area contributed by atoms with E-state index in [-0.39, 0.29) is 13.2 Å². The van der Waals surface area contributed by atoms with Crippen molar-refractivity contribution in [3.05, 3.63) is 64.7 Å². The van der Waals surface area contributed by atoms with Gasteiger partial charge in [0.05, 0.1) is 25.4 Å². The Bertz CT molecular complexity index is 748. The molecule has 0 saturated carbocycles. The Morgan fingerprint density at radius 3 is 2.19 bits per heavy atom. The molecule has 0 amide bonds. The molecule has 0 saturated heterocycles. The molecule has 2 aromatic carbocycles. The highest BCUT2D eigenvalue weighted by molar-refractivity contribution is 5.70.